The van der Waals surface area contributed by atoms with Gasteiger partial charge in [0.1, 0.15) is 17.2 Å². The number of rotatable bonds is 3. The second-order valence-corrected chi connectivity index (χ2v) is 8.82. The summed E-state index contributed by atoms with van der Waals surface area (Å²) in [5, 5.41) is 9.10. The van der Waals surface area contributed by atoms with Crippen LogP contribution in [0, 0.1) is 28.8 Å². The summed E-state index contributed by atoms with van der Waals surface area (Å²) in [6.07, 6.45) is 1.72. The van der Waals surface area contributed by atoms with Crippen LogP contribution in [0.5, 0.6) is 0 Å². The van der Waals surface area contributed by atoms with Crippen molar-refractivity contribution in [1.29, 1.82) is 0 Å². The van der Waals surface area contributed by atoms with E-state index in [0.717, 1.165) is 35.4 Å². The van der Waals surface area contributed by atoms with Crippen LogP contribution >= 0.6 is 0 Å². The monoisotopic (exact) mass is 444 g/mol. The fraction of sp³-hybridized carbons (Fsp3) is 0.318. The molecule has 0 amide bonds. The molecule has 3 atom stereocenters. The first kappa shape index (κ1) is 20.5. The molecule has 0 bridgehead atoms. The summed E-state index contributed by atoms with van der Waals surface area (Å²) in [6, 6.07) is 3.66. The highest BCUT2D eigenvalue weighted by Gasteiger charge is 2.55. The van der Waals surface area contributed by atoms with Crippen molar-refractivity contribution in [1.82, 2.24) is 9.55 Å². The average Bonchev–Trinajstić information content (AvgIpc) is 2.99. The molecule has 1 saturated carbocycles. The zero-order valence-electron chi connectivity index (χ0n) is 17.0. The molecule has 2 aliphatic rings. The Bertz CT molecular complexity index is 1360. The fourth-order valence-corrected chi connectivity index (χ4v) is 5.07. The lowest BCUT2D eigenvalue weighted by atomic mass is 9.60. The molecule has 2 aromatic heterocycles. The van der Waals surface area contributed by atoms with E-state index in [1.165, 1.54) is 0 Å². The predicted molar refractivity (Wildman–Crippen MR) is 111 cm³/mol. The molecule has 0 radical (unpaired) electrons. The van der Waals surface area contributed by atoms with Crippen LogP contribution in [0.1, 0.15) is 23.7 Å². The van der Waals surface area contributed by atoms with Crippen molar-refractivity contribution in [2.24, 2.45) is 17.1 Å². The zero-order chi connectivity index (χ0) is 22.9. The molecule has 3 heterocycles. The number of nitrogens with zero attached hydrogens (tertiary/aromatic N) is 3. The third-order valence-electron chi connectivity index (χ3n) is 6.70. The normalized spacial score (nSPS) is 24.5. The van der Waals surface area contributed by atoms with Crippen LogP contribution in [0.4, 0.5) is 19.0 Å². The highest BCUT2D eigenvalue weighted by molar-refractivity contribution is 5.92. The molecule has 3 unspecified atom stereocenters. The van der Waals surface area contributed by atoms with Crippen LogP contribution in [0.3, 0.4) is 0 Å². The van der Waals surface area contributed by atoms with E-state index >= 15 is 4.39 Å². The summed E-state index contributed by atoms with van der Waals surface area (Å²) in [6.45, 7) is 3.07. The van der Waals surface area contributed by atoms with Gasteiger partial charge >= 0.3 is 5.97 Å². The lowest BCUT2D eigenvalue weighted by Crippen LogP contribution is -2.53. The number of hydrogen-bond donors (Lipinski definition) is 2. The standard InChI is InChI=1S/C22H19F3N4O3/c1-22-6-16(26)13(22)8-28(9-22)20-15(25)5-11-18(30)12(21(31)32)7-29(19(11)27-20)17-3-2-10(23)4-14(17)24/h2-5,7,13,16H,6,8-9,26H2,1H3,(H,31,32). The smallest absolute Gasteiger partial charge is 0.341 e. The molecule has 166 valence electrons. The van der Waals surface area contributed by atoms with E-state index in [0.29, 0.717) is 19.2 Å². The number of anilines is 1. The maximum absolute atomic E-state index is 15.1. The van der Waals surface area contributed by atoms with Crippen molar-refractivity contribution in [2.45, 2.75) is 19.4 Å². The molecular weight excluding hydrogens is 425 g/mol. The average molecular weight is 444 g/mol. The Morgan fingerprint density at radius 2 is 2.00 bits per heavy atom. The Kier molecular flexibility index (Phi) is 4.35. The number of benzene rings is 1. The molecule has 1 saturated heterocycles. The number of carboxylic acids is 1. The van der Waals surface area contributed by atoms with Crippen molar-refractivity contribution < 1.29 is 23.1 Å². The highest BCUT2D eigenvalue weighted by Crippen LogP contribution is 2.51. The molecule has 3 aromatic rings. The number of halogens is 3. The van der Waals surface area contributed by atoms with Gasteiger partial charge in [0.05, 0.1) is 11.1 Å². The molecule has 7 nitrogen and oxygen atoms in total. The van der Waals surface area contributed by atoms with Crippen molar-refractivity contribution in [3.05, 3.63) is 63.7 Å². The molecule has 1 aliphatic heterocycles. The van der Waals surface area contributed by atoms with Crippen LogP contribution in [-0.2, 0) is 0 Å². The Labute approximate surface area is 179 Å². The summed E-state index contributed by atoms with van der Waals surface area (Å²) < 4.78 is 44.1. The number of nitrogens with two attached hydrogens (primary N) is 1. The minimum atomic E-state index is -1.56. The number of fused-ring (bicyclic) bond motifs is 2. The van der Waals surface area contributed by atoms with Gasteiger partial charge in [-0.2, -0.15) is 0 Å². The molecule has 3 N–H and O–H groups in total. The topological polar surface area (TPSA) is 101 Å². The number of aromatic carboxylic acids is 1. The molecule has 2 fully saturated rings. The lowest BCUT2D eigenvalue weighted by molar-refractivity contribution is 0.0695. The molecular formula is C22H19F3N4O3. The Morgan fingerprint density at radius 1 is 1.25 bits per heavy atom. The minimum absolute atomic E-state index is 0.0122. The minimum Gasteiger partial charge on any atom is -0.477 e. The molecule has 10 heteroatoms. The summed E-state index contributed by atoms with van der Waals surface area (Å²) in [5.41, 5.74) is 4.04. The van der Waals surface area contributed by atoms with Gasteiger partial charge in [-0.05, 0) is 36.0 Å². The summed E-state index contributed by atoms with van der Waals surface area (Å²) >= 11 is 0. The number of aromatic nitrogens is 2. The maximum Gasteiger partial charge on any atom is 0.341 e. The fourth-order valence-electron chi connectivity index (χ4n) is 5.07. The SMILES string of the molecule is CC12CC(N)C1CN(c1nc3c(cc1F)c(=O)c(C(=O)O)cn3-c1ccc(F)cc1F)C2. The Balaban J connectivity index is 1.75. The van der Waals surface area contributed by atoms with E-state index in [2.05, 4.69) is 11.9 Å². The van der Waals surface area contributed by atoms with Crippen molar-refractivity contribution in [3.8, 4) is 5.69 Å². The molecule has 0 spiro atoms. The third kappa shape index (κ3) is 2.89. The quantitative estimate of drug-likeness (QED) is 0.644. The number of pyridine rings is 2. The summed E-state index contributed by atoms with van der Waals surface area (Å²) in [7, 11) is 0. The molecule has 32 heavy (non-hydrogen) atoms. The van der Waals surface area contributed by atoms with Crippen molar-refractivity contribution in [2.75, 3.05) is 18.0 Å². The van der Waals surface area contributed by atoms with E-state index in [1.54, 1.807) is 4.90 Å². The van der Waals surface area contributed by atoms with E-state index in [4.69, 9.17) is 5.73 Å². The van der Waals surface area contributed by atoms with Crippen LogP contribution in [0.15, 0.2) is 35.3 Å². The van der Waals surface area contributed by atoms with Gasteiger partial charge in [-0.1, -0.05) is 6.92 Å². The zero-order valence-corrected chi connectivity index (χ0v) is 17.0. The largest absolute Gasteiger partial charge is 0.477 e. The first-order valence-electron chi connectivity index (χ1n) is 10.0. The number of carboxylic acid groups (broad SMARTS) is 1. The Morgan fingerprint density at radius 3 is 2.62 bits per heavy atom. The van der Waals surface area contributed by atoms with Crippen LogP contribution < -0.4 is 16.1 Å². The van der Waals surface area contributed by atoms with Gasteiger partial charge in [0.25, 0.3) is 0 Å². The first-order chi connectivity index (χ1) is 15.1. The third-order valence-corrected chi connectivity index (χ3v) is 6.70. The molecule has 5 rings (SSSR count). The number of carbonyl (C=O) groups is 1. The molecule has 1 aliphatic carbocycles. The van der Waals surface area contributed by atoms with Crippen molar-refractivity contribution in [3.63, 3.8) is 0 Å². The van der Waals surface area contributed by atoms with Gasteiger partial charge in [0.15, 0.2) is 17.3 Å². The lowest BCUT2D eigenvalue weighted by Gasteiger charge is -2.46. The molecule has 1 aromatic carbocycles. The van der Waals surface area contributed by atoms with Gasteiger partial charge < -0.3 is 15.7 Å². The summed E-state index contributed by atoms with van der Waals surface area (Å²) in [4.78, 5) is 30.4. The van der Waals surface area contributed by atoms with E-state index in [-0.39, 0.29) is 39.9 Å². The van der Waals surface area contributed by atoms with Gasteiger partial charge in [-0.3, -0.25) is 9.36 Å². The first-order valence-corrected chi connectivity index (χ1v) is 10.0. The predicted octanol–water partition coefficient (Wildman–Crippen LogP) is 2.67. The van der Waals surface area contributed by atoms with Crippen LogP contribution in [-0.4, -0.2) is 39.8 Å². The van der Waals surface area contributed by atoms with E-state index in [9.17, 15) is 23.5 Å². The van der Waals surface area contributed by atoms with E-state index in [1.807, 2.05) is 0 Å². The summed E-state index contributed by atoms with van der Waals surface area (Å²) in [5.74, 6) is -4.02. The van der Waals surface area contributed by atoms with Crippen LogP contribution in [0.2, 0.25) is 0 Å². The Hall–Kier alpha value is -3.40. The van der Waals surface area contributed by atoms with E-state index < -0.39 is 34.4 Å². The maximum atomic E-state index is 15.1. The van der Waals surface area contributed by atoms with Gasteiger partial charge in [-0.15, -0.1) is 0 Å². The number of hydrogen-bond acceptors (Lipinski definition) is 5. The highest BCUT2D eigenvalue weighted by atomic mass is 19.1. The second kappa shape index (κ2) is 6.80. The van der Waals surface area contributed by atoms with Gasteiger partial charge in [0, 0.05) is 31.4 Å². The van der Waals surface area contributed by atoms with Crippen molar-refractivity contribution >= 4 is 22.8 Å². The van der Waals surface area contributed by atoms with Crippen LogP contribution in [0.25, 0.3) is 16.7 Å². The van der Waals surface area contributed by atoms with Gasteiger partial charge in [0.2, 0.25) is 5.43 Å². The van der Waals surface area contributed by atoms with Gasteiger partial charge in [-0.25, -0.2) is 22.9 Å². The second-order valence-electron chi connectivity index (χ2n) is 8.82.